The van der Waals surface area contributed by atoms with Gasteiger partial charge in [-0.2, -0.15) is 5.26 Å². The number of aryl methyl sites for hydroxylation is 2. The van der Waals surface area contributed by atoms with E-state index in [-0.39, 0.29) is 17.3 Å². The normalized spacial score (nSPS) is 11.4. The largest absolute Gasteiger partial charge is 0.293 e. The van der Waals surface area contributed by atoms with Crippen LogP contribution in [0.1, 0.15) is 30.5 Å². The predicted molar refractivity (Wildman–Crippen MR) is 69.4 cm³/mol. The van der Waals surface area contributed by atoms with Crippen LogP contribution in [0.5, 0.6) is 0 Å². The van der Waals surface area contributed by atoms with Crippen LogP contribution in [0.4, 0.5) is 0 Å². The summed E-state index contributed by atoms with van der Waals surface area (Å²) in [6, 6.07) is 7.95. The van der Waals surface area contributed by atoms with Crippen LogP contribution in [0.25, 0.3) is 6.08 Å². The van der Waals surface area contributed by atoms with E-state index in [1.165, 1.54) is 5.56 Å². The summed E-state index contributed by atoms with van der Waals surface area (Å²) in [6.07, 6.45) is 1.68. The topological polar surface area (TPSA) is 40.9 Å². The first-order chi connectivity index (χ1) is 7.95. The Morgan fingerprint density at radius 3 is 2.47 bits per heavy atom. The number of allylic oxidation sites excluding steroid dienone is 1. The van der Waals surface area contributed by atoms with Crippen molar-refractivity contribution < 1.29 is 4.79 Å². The van der Waals surface area contributed by atoms with E-state index in [0.717, 1.165) is 11.1 Å². The molecule has 0 spiro atoms. The molecule has 0 fully saturated rings. The van der Waals surface area contributed by atoms with Crippen molar-refractivity contribution in [1.82, 2.24) is 0 Å². The van der Waals surface area contributed by atoms with E-state index in [9.17, 15) is 4.79 Å². The van der Waals surface area contributed by atoms with Crippen molar-refractivity contribution in [3.05, 3.63) is 40.5 Å². The quantitative estimate of drug-likeness (QED) is 0.586. The van der Waals surface area contributed by atoms with Gasteiger partial charge in [-0.05, 0) is 31.1 Å². The van der Waals surface area contributed by atoms with Crippen molar-refractivity contribution in [2.45, 2.75) is 27.7 Å². The summed E-state index contributed by atoms with van der Waals surface area (Å²) in [5.41, 5.74) is 3.41. The van der Waals surface area contributed by atoms with E-state index in [0.29, 0.717) is 0 Å². The van der Waals surface area contributed by atoms with Crippen LogP contribution in [-0.2, 0) is 4.79 Å². The number of hydrogen-bond acceptors (Lipinski definition) is 2. The van der Waals surface area contributed by atoms with Gasteiger partial charge in [0.15, 0.2) is 5.78 Å². The Bertz CT molecular complexity index is 504. The molecule has 0 aliphatic heterocycles. The molecule has 88 valence electrons. The molecule has 0 N–H and O–H groups in total. The van der Waals surface area contributed by atoms with Gasteiger partial charge < -0.3 is 0 Å². The number of Topliss-reactive ketones (excluding diaryl/α,β-unsaturated/α-hetero) is 1. The zero-order valence-corrected chi connectivity index (χ0v) is 10.7. The summed E-state index contributed by atoms with van der Waals surface area (Å²) in [5, 5.41) is 9.01. The van der Waals surface area contributed by atoms with Gasteiger partial charge in [-0.3, -0.25) is 4.79 Å². The second-order valence-electron chi connectivity index (χ2n) is 4.55. The smallest absolute Gasteiger partial charge is 0.175 e. The molecule has 0 unspecified atom stereocenters. The van der Waals surface area contributed by atoms with E-state index in [2.05, 4.69) is 0 Å². The number of carbonyl (C=O) groups is 1. The summed E-state index contributed by atoms with van der Waals surface area (Å²) in [7, 11) is 0. The third kappa shape index (κ3) is 3.29. The molecule has 0 atom stereocenters. The lowest BCUT2D eigenvalue weighted by atomic mass is 9.98. The third-order valence-electron chi connectivity index (χ3n) is 2.64. The highest BCUT2D eigenvalue weighted by molar-refractivity contribution is 6.04. The average Bonchev–Trinajstić information content (AvgIpc) is 2.27. The highest BCUT2D eigenvalue weighted by Crippen LogP contribution is 2.16. The van der Waals surface area contributed by atoms with E-state index < -0.39 is 0 Å². The van der Waals surface area contributed by atoms with Crippen molar-refractivity contribution in [3.63, 3.8) is 0 Å². The van der Waals surface area contributed by atoms with Gasteiger partial charge in [0.1, 0.15) is 6.07 Å². The van der Waals surface area contributed by atoms with Gasteiger partial charge in [-0.15, -0.1) is 0 Å². The van der Waals surface area contributed by atoms with E-state index in [1.54, 1.807) is 19.9 Å². The molecule has 1 aromatic carbocycles. The van der Waals surface area contributed by atoms with Crippen LogP contribution >= 0.6 is 0 Å². The Hall–Kier alpha value is -1.88. The first kappa shape index (κ1) is 13.2. The van der Waals surface area contributed by atoms with Crippen molar-refractivity contribution in [3.8, 4) is 6.07 Å². The van der Waals surface area contributed by atoms with Gasteiger partial charge in [0.05, 0.1) is 5.57 Å². The molecule has 0 saturated carbocycles. The fraction of sp³-hybridized carbons (Fsp3) is 0.333. The third-order valence-corrected chi connectivity index (χ3v) is 2.64. The molecule has 0 amide bonds. The van der Waals surface area contributed by atoms with E-state index in [4.69, 9.17) is 5.26 Å². The van der Waals surface area contributed by atoms with Crippen molar-refractivity contribution in [2.75, 3.05) is 0 Å². The minimum atomic E-state index is -0.147. The molecule has 0 bridgehead atoms. The SMILES string of the molecule is Cc1ccc(/C=C(/C#N)C(=O)C(C)C)c(C)c1. The maximum absolute atomic E-state index is 11.8. The standard InChI is InChI=1S/C15H17NO/c1-10(2)15(17)14(9-16)8-13-6-5-11(3)7-12(13)4/h5-8,10H,1-4H3/b14-8-. The van der Waals surface area contributed by atoms with Crippen LogP contribution in [0.3, 0.4) is 0 Å². The lowest BCUT2D eigenvalue weighted by Gasteiger charge is -2.05. The van der Waals surface area contributed by atoms with Gasteiger partial charge in [-0.1, -0.05) is 37.6 Å². The maximum Gasteiger partial charge on any atom is 0.175 e. The number of rotatable bonds is 3. The Kier molecular flexibility index (Phi) is 4.23. The average molecular weight is 227 g/mol. The van der Waals surface area contributed by atoms with Crippen molar-refractivity contribution in [1.29, 1.82) is 5.26 Å². The predicted octanol–water partition coefficient (Wildman–Crippen LogP) is 3.44. The number of hydrogen-bond donors (Lipinski definition) is 0. The van der Waals surface area contributed by atoms with Crippen LogP contribution < -0.4 is 0 Å². The molecule has 1 aromatic rings. The minimum Gasteiger partial charge on any atom is -0.293 e. The molecule has 0 aliphatic rings. The number of carbonyl (C=O) groups excluding carboxylic acids is 1. The summed E-state index contributed by atoms with van der Waals surface area (Å²) >= 11 is 0. The van der Waals surface area contributed by atoms with Gasteiger partial charge in [0.2, 0.25) is 0 Å². The van der Waals surface area contributed by atoms with Crippen molar-refractivity contribution in [2.24, 2.45) is 5.92 Å². The summed E-state index contributed by atoms with van der Waals surface area (Å²) in [4.78, 5) is 11.8. The molecule has 0 radical (unpaired) electrons. The Balaban J connectivity index is 3.17. The van der Waals surface area contributed by atoms with Crippen LogP contribution in [0.2, 0.25) is 0 Å². The van der Waals surface area contributed by atoms with E-state index in [1.807, 2.05) is 38.1 Å². The summed E-state index contributed by atoms with van der Waals surface area (Å²) < 4.78 is 0. The van der Waals surface area contributed by atoms with Crippen LogP contribution in [0.15, 0.2) is 23.8 Å². The lowest BCUT2D eigenvalue weighted by Crippen LogP contribution is -2.08. The molecule has 1 rings (SSSR count). The first-order valence-electron chi connectivity index (χ1n) is 5.69. The number of benzene rings is 1. The molecule has 0 heterocycles. The first-order valence-corrected chi connectivity index (χ1v) is 5.69. The Labute approximate surface area is 103 Å². The van der Waals surface area contributed by atoms with Crippen LogP contribution in [-0.4, -0.2) is 5.78 Å². The molecular formula is C15H17NO. The molecule has 2 heteroatoms. The van der Waals surface area contributed by atoms with Gasteiger partial charge >= 0.3 is 0 Å². The number of ketones is 1. The monoisotopic (exact) mass is 227 g/mol. The van der Waals surface area contributed by atoms with E-state index >= 15 is 0 Å². The number of nitrogens with zero attached hydrogens (tertiary/aromatic N) is 1. The van der Waals surface area contributed by atoms with Crippen molar-refractivity contribution >= 4 is 11.9 Å². The second kappa shape index (κ2) is 5.45. The molecule has 17 heavy (non-hydrogen) atoms. The molecule has 0 aliphatic carbocycles. The Morgan fingerprint density at radius 1 is 1.35 bits per heavy atom. The zero-order chi connectivity index (χ0) is 13.0. The summed E-state index contributed by atoms with van der Waals surface area (Å²) in [6.45, 7) is 7.60. The zero-order valence-electron chi connectivity index (χ0n) is 10.7. The fourth-order valence-corrected chi connectivity index (χ4v) is 1.61. The molecular weight excluding hydrogens is 210 g/mol. The maximum atomic E-state index is 11.8. The van der Waals surface area contributed by atoms with Gasteiger partial charge in [0, 0.05) is 5.92 Å². The molecule has 2 nitrogen and oxygen atoms in total. The second-order valence-corrected chi connectivity index (χ2v) is 4.55. The lowest BCUT2D eigenvalue weighted by molar-refractivity contribution is -0.117. The van der Waals surface area contributed by atoms with Gasteiger partial charge in [0.25, 0.3) is 0 Å². The Morgan fingerprint density at radius 2 is 2.00 bits per heavy atom. The molecule has 0 aromatic heterocycles. The minimum absolute atomic E-state index is 0.104. The highest BCUT2D eigenvalue weighted by atomic mass is 16.1. The molecule has 0 saturated heterocycles. The summed E-state index contributed by atoms with van der Waals surface area (Å²) in [5.74, 6) is -0.251. The van der Waals surface area contributed by atoms with Gasteiger partial charge in [-0.25, -0.2) is 0 Å². The highest BCUT2D eigenvalue weighted by Gasteiger charge is 2.13. The number of nitriles is 1. The fourth-order valence-electron chi connectivity index (χ4n) is 1.61. The van der Waals surface area contributed by atoms with Crippen LogP contribution in [0, 0.1) is 31.1 Å².